The van der Waals surface area contributed by atoms with Crippen LogP contribution in [0.4, 0.5) is 13.2 Å². The molecule has 1 aliphatic heterocycles. The average Bonchev–Trinajstić information content (AvgIpc) is 2.46. The minimum atomic E-state index is -4.47. The SMILES string of the molecule is CC(=O)N1CCC(c2ccc(C#N)cc2C(F)(F)F)CC1. The van der Waals surface area contributed by atoms with Crippen molar-refractivity contribution in [3.05, 3.63) is 34.9 Å². The van der Waals surface area contributed by atoms with Gasteiger partial charge in [0, 0.05) is 20.0 Å². The number of rotatable bonds is 1. The van der Waals surface area contributed by atoms with Crippen molar-refractivity contribution in [3.8, 4) is 6.07 Å². The van der Waals surface area contributed by atoms with Crippen LogP contribution in [0.1, 0.15) is 42.4 Å². The van der Waals surface area contributed by atoms with E-state index in [1.165, 1.54) is 19.1 Å². The van der Waals surface area contributed by atoms with Crippen LogP contribution in [0.15, 0.2) is 18.2 Å². The van der Waals surface area contributed by atoms with E-state index in [4.69, 9.17) is 5.26 Å². The fourth-order valence-electron chi connectivity index (χ4n) is 2.73. The first-order chi connectivity index (χ1) is 9.82. The van der Waals surface area contributed by atoms with Crippen molar-refractivity contribution in [2.24, 2.45) is 0 Å². The number of carbonyl (C=O) groups is 1. The van der Waals surface area contributed by atoms with E-state index in [0.717, 1.165) is 6.07 Å². The van der Waals surface area contributed by atoms with Crippen LogP contribution < -0.4 is 0 Å². The number of halogens is 3. The molecule has 0 aliphatic carbocycles. The zero-order chi connectivity index (χ0) is 15.6. The molecule has 2 rings (SSSR count). The van der Waals surface area contributed by atoms with E-state index in [0.29, 0.717) is 25.9 Å². The maximum Gasteiger partial charge on any atom is 0.416 e. The molecule has 1 aromatic carbocycles. The number of hydrogen-bond acceptors (Lipinski definition) is 2. The van der Waals surface area contributed by atoms with Crippen molar-refractivity contribution in [2.45, 2.75) is 31.9 Å². The second-order valence-corrected chi connectivity index (χ2v) is 5.19. The summed E-state index contributed by atoms with van der Waals surface area (Å²) in [5.41, 5.74) is -0.500. The lowest BCUT2D eigenvalue weighted by Crippen LogP contribution is -2.36. The quantitative estimate of drug-likeness (QED) is 0.798. The molecule has 1 aromatic rings. The Labute approximate surface area is 121 Å². The van der Waals surface area contributed by atoms with Gasteiger partial charge in [-0.1, -0.05) is 6.07 Å². The Morgan fingerprint density at radius 1 is 1.33 bits per heavy atom. The van der Waals surface area contributed by atoms with Gasteiger partial charge in [0.2, 0.25) is 5.91 Å². The van der Waals surface area contributed by atoms with E-state index in [2.05, 4.69) is 0 Å². The number of likely N-dealkylation sites (tertiary alicyclic amines) is 1. The van der Waals surface area contributed by atoms with Crippen molar-refractivity contribution in [1.29, 1.82) is 5.26 Å². The molecule has 1 saturated heterocycles. The topological polar surface area (TPSA) is 44.1 Å². The van der Waals surface area contributed by atoms with Gasteiger partial charge in [-0.05, 0) is 36.5 Å². The van der Waals surface area contributed by atoms with Crippen LogP contribution in [0.25, 0.3) is 0 Å². The van der Waals surface area contributed by atoms with Gasteiger partial charge in [-0.3, -0.25) is 4.79 Å². The Kier molecular flexibility index (Phi) is 4.21. The summed E-state index contributed by atoms with van der Waals surface area (Å²) in [6, 6.07) is 5.46. The molecule has 0 radical (unpaired) electrons. The highest BCUT2D eigenvalue weighted by atomic mass is 19.4. The summed E-state index contributed by atoms with van der Waals surface area (Å²) >= 11 is 0. The van der Waals surface area contributed by atoms with Gasteiger partial charge in [0.25, 0.3) is 0 Å². The van der Waals surface area contributed by atoms with Crippen molar-refractivity contribution in [1.82, 2.24) is 4.90 Å². The lowest BCUT2D eigenvalue weighted by Gasteiger charge is -2.32. The van der Waals surface area contributed by atoms with Crippen LogP contribution in [-0.2, 0) is 11.0 Å². The molecule has 21 heavy (non-hydrogen) atoms. The van der Waals surface area contributed by atoms with Gasteiger partial charge in [-0.15, -0.1) is 0 Å². The highest BCUT2D eigenvalue weighted by Gasteiger charge is 2.36. The Hall–Kier alpha value is -2.03. The van der Waals surface area contributed by atoms with Crippen LogP contribution in [0, 0.1) is 11.3 Å². The molecule has 0 N–H and O–H groups in total. The number of benzene rings is 1. The third-order valence-corrected chi connectivity index (χ3v) is 3.87. The van der Waals surface area contributed by atoms with Crippen LogP contribution in [0.2, 0.25) is 0 Å². The van der Waals surface area contributed by atoms with Crippen molar-refractivity contribution in [3.63, 3.8) is 0 Å². The normalized spacial score (nSPS) is 16.6. The summed E-state index contributed by atoms with van der Waals surface area (Å²) in [5.74, 6) is -0.283. The largest absolute Gasteiger partial charge is 0.416 e. The molecule has 1 heterocycles. The zero-order valence-electron chi connectivity index (χ0n) is 11.6. The second kappa shape index (κ2) is 5.76. The van der Waals surface area contributed by atoms with Crippen molar-refractivity contribution < 1.29 is 18.0 Å². The van der Waals surface area contributed by atoms with E-state index in [9.17, 15) is 18.0 Å². The first-order valence-electron chi connectivity index (χ1n) is 6.69. The first-order valence-corrected chi connectivity index (χ1v) is 6.69. The lowest BCUT2D eigenvalue weighted by molar-refractivity contribution is -0.139. The van der Waals surface area contributed by atoms with Gasteiger partial charge in [-0.2, -0.15) is 18.4 Å². The Bertz CT molecular complexity index is 582. The van der Waals surface area contributed by atoms with Gasteiger partial charge in [0.05, 0.1) is 17.2 Å². The number of alkyl halides is 3. The molecule has 0 unspecified atom stereocenters. The van der Waals surface area contributed by atoms with Crippen molar-refractivity contribution >= 4 is 5.91 Å². The van der Waals surface area contributed by atoms with Crippen LogP contribution in [0.3, 0.4) is 0 Å². The standard InChI is InChI=1S/C15H15F3N2O/c1-10(21)20-6-4-12(5-7-20)13-3-2-11(9-19)8-14(13)15(16,17)18/h2-3,8,12H,4-7H2,1H3. The Morgan fingerprint density at radius 2 is 1.95 bits per heavy atom. The third kappa shape index (κ3) is 3.35. The third-order valence-electron chi connectivity index (χ3n) is 3.87. The predicted octanol–water partition coefficient (Wildman–Crippen LogP) is 3.30. The zero-order valence-corrected chi connectivity index (χ0v) is 11.6. The van der Waals surface area contributed by atoms with Crippen LogP contribution in [-0.4, -0.2) is 23.9 Å². The van der Waals surface area contributed by atoms with Gasteiger partial charge in [0.1, 0.15) is 0 Å². The summed E-state index contributed by atoms with van der Waals surface area (Å²) in [6.45, 7) is 2.40. The molecule has 0 atom stereocenters. The number of nitriles is 1. The number of piperidine rings is 1. The average molecular weight is 296 g/mol. The molecular formula is C15H15F3N2O. The molecule has 0 saturated carbocycles. The lowest BCUT2D eigenvalue weighted by atomic mass is 9.85. The molecular weight excluding hydrogens is 281 g/mol. The maximum absolute atomic E-state index is 13.2. The predicted molar refractivity (Wildman–Crippen MR) is 70.4 cm³/mol. The van der Waals surface area contributed by atoms with E-state index in [-0.39, 0.29) is 23.0 Å². The maximum atomic E-state index is 13.2. The Morgan fingerprint density at radius 3 is 2.43 bits per heavy atom. The molecule has 6 heteroatoms. The number of carbonyl (C=O) groups excluding carboxylic acids is 1. The van der Waals surface area contributed by atoms with E-state index >= 15 is 0 Å². The minimum absolute atomic E-state index is 0.00671. The number of nitrogens with zero attached hydrogens (tertiary/aromatic N) is 2. The molecule has 112 valence electrons. The highest BCUT2D eigenvalue weighted by Crippen LogP contribution is 2.39. The van der Waals surface area contributed by atoms with E-state index in [1.54, 1.807) is 11.0 Å². The summed E-state index contributed by atoms with van der Waals surface area (Å²) in [6.07, 6.45) is -3.46. The molecule has 0 aromatic heterocycles. The smallest absolute Gasteiger partial charge is 0.343 e. The molecule has 0 spiro atoms. The number of amides is 1. The number of hydrogen-bond donors (Lipinski definition) is 0. The second-order valence-electron chi connectivity index (χ2n) is 5.19. The van der Waals surface area contributed by atoms with Crippen molar-refractivity contribution in [2.75, 3.05) is 13.1 Å². The summed E-state index contributed by atoms with van der Waals surface area (Å²) in [4.78, 5) is 12.9. The van der Waals surface area contributed by atoms with E-state index in [1.807, 2.05) is 0 Å². The van der Waals surface area contributed by atoms with Gasteiger partial charge < -0.3 is 4.90 Å². The fourth-order valence-corrected chi connectivity index (χ4v) is 2.73. The van der Waals surface area contributed by atoms with Gasteiger partial charge in [0.15, 0.2) is 0 Å². The minimum Gasteiger partial charge on any atom is -0.343 e. The van der Waals surface area contributed by atoms with Crippen LogP contribution >= 0.6 is 0 Å². The summed E-state index contributed by atoms with van der Waals surface area (Å²) < 4.78 is 39.5. The molecule has 1 fully saturated rings. The molecule has 1 aliphatic rings. The highest BCUT2D eigenvalue weighted by molar-refractivity contribution is 5.73. The summed E-state index contributed by atoms with van der Waals surface area (Å²) in [5, 5.41) is 8.76. The molecule has 0 bridgehead atoms. The van der Waals surface area contributed by atoms with E-state index < -0.39 is 11.7 Å². The van der Waals surface area contributed by atoms with Crippen LogP contribution in [0.5, 0.6) is 0 Å². The first kappa shape index (κ1) is 15.4. The Balaban J connectivity index is 2.29. The summed E-state index contributed by atoms with van der Waals surface area (Å²) in [7, 11) is 0. The molecule has 3 nitrogen and oxygen atoms in total. The van der Waals surface area contributed by atoms with Gasteiger partial charge >= 0.3 is 6.18 Å². The monoisotopic (exact) mass is 296 g/mol. The fraction of sp³-hybridized carbons (Fsp3) is 0.467. The van der Waals surface area contributed by atoms with Gasteiger partial charge in [-0.25, -0.2) is 0 Å². The molecule has 1 amide bonds.